The van der Waals surface area contributed by atoms with E-state index < -0.39 is 11.9 Å². The normalized spacial score (nSPS) is 9.73. The number of ether oxygens (including phenoxy) is 4. The molecule has 1 heterocycles. The van der Waals surface area contributed by atoms with Crippen molar-refractivity contribution >= 4 is 17.9 Å². The number of carbonyl (C=O) groups is 2. The van der Waals surface area contributed by atoms with E-state index in [1.807, 2.05) is 0 Å². The van der Waals surface area contributed by atoms with Crippen LogP contribution in [0, 0.1) is 0 Å². The van der Waals surface area contributed by atoms with Crippen LogP contribution in [0.5, 0.6) is 12.0 Å². The second-order valence-electron chi connectivity index (χ2n) is 4.31. The molecule has 0 radical (unpaired) electrons. The minimum absolute atomic E-state index is 0.000574. The maximum Gasteiger partial charge on any atom is 0.330 e. The lowest BCUT2D eigenvalue weighted by atomic mass is 10.6. The molecule has 0 bridgehead atoms. The third-order valence-corrected chi connectivity index (χ3v) is 2.44. The van der Waals surface area contributed by atoms with Gasteiger partial charge in [-0.2, -0.15) is 9.97 Å². The third-order valence-electron chi connectivity index (χ3n) is 2.44. The van der Waals surface area contributed by atoms with Crippen molar-refractivity contribution in [2.75, 3.05) is 44.9 Å². The van der Waals surface area contributed by atoms with Crippen molar-refractivity contribution in [2.45, 2.75) is 0 Å². The van der Waals surface area contributed by atoms with Gasteiger partial charge in [0.15, 0.2) is 0 Å². The highest BCUT2D eigenvalue weighted by Gasteiger charge is 2.09. The lowest BCUT2D eigenvalue weighted by molar-refractivity contribution is -0.138. The average Bonchev–Trinajstić information content (AvgIpc) is 2.66. The summed E-state index contributed by atoms with van der Waals surface area (Å²) in [4.78, 5) is 33.8. The number of aromatic nitrogens is 3. The molecule has 0 fully saturated rings. The minimum Gasteiger partial charge on any atom is -0.461 e. The van der Waals surface area contributed by atoms with E-state index in [0.29, 0.717) is 0 Å². The van der Waals surface area contributed by atoms with Gasteiger partial charge in [0.05, 0.1) is 13.2 Å². The van der Waals surface area contributed by atoms with E-state index in [4.69, 9.17) is 24.1 Å². The highest BCUT2D eigenvalue weighted by molar-refractivity contribution is 5.81. The molecule has 0 aliphatic rings. The van der Waals surface area contributed by atoms with Crippen molar-refractivity contribution in [3.05, 3.63) is 25.3 Å². The summed E-state index contributed by atoms with van der Waals surface area (Å²) in [6.07, 6.45) is 2.08. The standard InChI is InChI=1S/C15H20N4O7/c1-3-11(21)23-7-5-16-13-17-14(25-8-6-20)19-15(18-13)26-10-9-24-12(22)4-2/h3-4,20H,1-2,5-10H2,(H,16,17,18,19). The Bertz CT molecular complexity index is 578. The molecule has 0 spiro atoms. The van der Waals surface area contributed by atoms with Gasteiger partial charge in [0.2, 0.25) is 5.95 Å². The molecule has 1 rings (SSSR count). The predicted molar refractivity (Wildman–Crippen MR) is 88.7 cm³/mol. The van der Waals surface area contributed by atoms with Gasteiger partial charge >= 0.3 is 24.0 Å². The lowest BCUT2D eigenvalue weighted by Crippen LogP contribution is -2.16. The fourth-order valence-corrected chi connectivity index (χ4v) is 1.39. The summed E-state index contributed by atoms with van der Waals surface area (Å²) in [6.45, 7) is 6.58. The van der Waals surface area contributed by atoms with Crippen molar-refractivity contribution in [1.82, 2.24) is 15.0 Å². The van der Waals surface area contributed by atoms with Crippen LogP contribution < -0.4 is 14.8 Å². The third kappa shape index (κ3) is 8.59. The van der Waals surface area contributed by atoms with Gasteiger partial charge in [-0.15, -0.1) is 4.98 Å². The number of rotatable bonds is 13. The van der Waals surface area contributed by atoms with E-state index in [9.17, 15) is 9.59 Å². The molecule has 0 atom stereocenters. The van der Waals surface area contributed by atoms with Gasteiger partial charge in [0.1, 0.15) is 26.4 Å². The highest BCUT2D eigenvalue weighted by Crippen LogP contribution is 2.12. The van der Waals surface area contributed by atoms with Crippen molar-refractivity contribution in [3.63, 3.8) is 0 Å². The number of hydrogen-bond donors (Lipinski definition) is 2. The molecule has 0 saturated carbocycles. The number of aliphatic hydroxyl groups excluding tert-OH is 1. The van der Waals surface area contributed by atoms with Crippen LogP contribution in [0.3, 0.4) is 0 Å². The zero-order valence-corrected chi connectivity index (χ0v) is 14.0. The smallest absolute Gasteiger partial charge is 0.330 e. The molecule has 0 unspecified atom stereocenters. The summed E-state index contributed by atoms with van der Waals surface area (Å²) in [6, 6.07) is -0.147. The van der Waals surface area contributed by atoms with Gasteiger partial charge < -0.3 is 29.4 Å². The monoisotopic (exact) mass is 368 g/mol. The van der Waals surface area contributed by atoms with Gasteiger partial charge in [-0.1, -0.05) is 13.2 Å². The van der Waals surface area contributed by atoms with E-state index in [-0.39, 0.29) is 57.5 Å². The fraction of sp³-hybridized carbons (Fsp3) is 0.400. The number of aliphatic hydroxyl groups is 1. The molecule has 2 N–H and O–H groups in total. The number of anilines is 1. The van der Waals surface area contributed by atoms with Crippen LogP contribution in [0.25, 0.3) is 0 Å². The number of nitrogens with one attached hydrogen (secondary N) is 1. The van der Waals surface area contributed by atoms with Gasteiger partial charge in [0, 0.05) is 12.2 Å². The number of nitrogens with zero attached hydrogens (tertiary/aromatic N) is 3. The quantitative estimate of drug-likeness (QED) is 0.264. The Balaban J connectivity index is 2.60. The zero-order valence-electron chi connectivity index (χ0n) is 14.0. The van der Waals surface area contributed by atoms with Crippen LogP contribution in [-0.2, 0) is 19.1 Å². The fourth-order valence-electron chi connectivity index (χ4n) is 1.39. The van der Waals surface area contributed by atoms with Crippen LogP contribution in [-0.4, -0.2) is 71.6 Å². The average molecular weight is 368 g/mol. The Morgan fingerprint density at radius 3 is 2.08 bits per heavy atom. The first-order valence-corrected chi connectivity index (χ1v) is 7.53. The molecule has 0 saturated heterocycles. The Hall–Kier alpha value is -3.21. The summed E-state index contributed by atoms with van der Waals surface area (Å²) in [7, 11) is 0. The largest absolute Gasteiger partial charge is 0.461 e. The topological polar surface area (TPSA) is 142 Å². The Kier molecular flexibility index (Phi) is 9.77. The van der Waals surface area contributed by atoms with Crippen molar-refractivity contribution in [2.24, 2.45) is 0 Å². The predicted octanol–water partition coefficient (Wildman–Crippen LogP) is -0.508. The van der Waals surface area contributed by atoms with E-state index in [2.05, 4.69) is 33.4 Å². The SMILES string of the molecule is C=CC(=O)OCCNc1nc(OCCO)nc(OCCOC(=O)C=C)n1. The van der Waals surface area contributed by atoms with E-state index in [1.165, 1.54) is 0 Å². The van der Waals surface area contributed by atoms with Gasteiger partial charge in [-0.05, 0) is 0 Å². The maximum absolute atomic E-state index is 11.0. The van der Waals surface area contributed by atoms with Crippen LogP contribution in [0.4, 0.5) is 5.95 Å². The van der Waals surface area contributed by atoms with Gasteiger partial charge in [-0.3, -0.25) is 0 Å². The molecule has 11 heteroatoms. The first-order valence-electron chi connectivity index (χ1n) is 7.53. The van der Waals surface area contributed by atoms with E-state index in [0.717, 1.165) is 12.2 Å². The van der Waals surface area contributed by atoms with Crippen molar-refractivity contribution in [1.29, 1.82) is 0 Å². The summed E-state index contributed by atoms with van der Waals surface area (Å²) < 4.78 is 20.0. The molecule has 1 aromatic heterocycles. The van der Waals surface area contributed by atoms with Crippen LogP contribution in [0.15, 0.2) is 25.3 Å². The first kappa shape index (κ1) is 20.8. The molecule has 1 aromatic rings. The highest BCUT2D eigenvalue weighted by atomic mass is 16.6. The number of esters is 2. The molecule has 142 valence electrons. The second-order valence-corrected chi connectivity index (χ2v) is 4.31. The summed E-state index contributed by atoms with van der Waals surface area (Å²) in [5.41, 5.74) is 0. The second kappa shape index (κ2) is 12.2. The van der Waals surface area contributed by atoms with E-state index in [1.54, 1.807) is 0 Å². The minimum atomic E-state index is -0.576. The van der Waals surface area contributed by atoms with Crippen LogP contribution >= 0.6 is 0 Å². The lowest BCUT2D eigenvalue weighted by Gasteiger charge is -2.10. The van der Waals surface area contributed by atoms with E-state index >= 15 is 0 Å². The molecule has 0 aromatic carbocycles. The molecule has 26 heavy (non-hydrogen) atoms. The summed E-state index contributed by atoms with van der Waals surface area (Å²) in [5.74, 6) is -1.01. The Morgan fingerprint density at radius 1 is 0.923 bits per heavy atom. The number of hydrogen-bond acceptors (Lipinski definition) is 11. The van der Waals surface area contributed by atoms with Crippen molar-refractivity contribution in [3.8, 4) is 12.0 Å². The molecule has 11 nitrogen and oxygen atoms in total. The van der Waals surface area contributed by atoms with Crippen LogP contribution in [0.2, 0.25) is 0 Å². The molecular formula is C15H20N4O7. The first-order chi connectivity index (χ1) is 12.6. The number of carbonyl (C=O) groups excluding carboxylic acids is 2. The Morgan fingerprint density at radius 2 is 1.50 bits per heavy atom. The van der Waals surface area contributed by atoms with Gasteiger partial charge in [0.25, 0.3) is 0 Å². The van der Waals surface area contributed by atoms with Crippen LogP contribution in [0.1, 0.15) is 0 Å². The maximum atomic E-state index is 11.0. The van der Waals surface area contributed by atoms with Gasteiger partial charge in [-0.25, -0.2) is 9.59 Å². The molecule has 0 aliphatic carbocycles. The van der Waals surface area contributed by atoms with Crippen molar-refractivity contribution < 1.29 is 33.6 Å². The Labute approximate surface area is 149 Å². The summed E-state index contributed by atoms with van der Waals surface area (Å²) >= 11 is 0. The molecular weight excluding hydrogens is 348 g/mol. The zero-order chi connectivity index (χ0) is 19.2. The summed E-state index contributed by atoms with van der Waals surface area (Å²) in [5, 5.41) is 11.6. The molecule has 0 aliphatic heterocycles. The molecule has 0 amide bonds.